The average Bonchev–Trinajstić information content (AvgIpc) is 3.21. The van der Waals surface area contributed by atoms with Crippen LogP contribution in [0.4, 0.5) is 9.59 Å². The molecule has 146 valence electrons. The maximum absolute atomic E-state index is 11.9. The molecule has 4 unspecified atom stereocenters. The highest BCUT2D eigenvalue weighted by atomic mass is 16.7. The van der Waals surface area contributed by atoms with Crippen LogP contribution in [-0.4, -0.2) is 55.2 Å². The maximum atomic E-state index is 11.9. The summed E-state index contributed by atoms with van der Waals surface area (Å²) in [7, 11) is 0. The van der Waals surface area contributed by atoms with Crippen LogP contribution in [0.15, 0.2) is 12.2 Å². The Kier molecular flexibility index (Phi) is 5.72. The van der Waals surface area contributed by atoms with Gasteiger partial charge in [-0.2, -0.15) is 0 Å². The van der Waals surface area contributed by atoms with Crippen molar-refractivity contribution < 1.29 is 38.0 Å². The average molecular weight is 370 g/mol. The van der Waals surface area contributed by atoms with Crippen molar-refractivity contribution in [3.05, 3.63) is 12.2 Å². The molecule has 1 saturated heterocycles. The molecule has 3 rings (SSSR count). The fraction of sp³-hybridized carbons (Fsp3) is 0.778. The predicted molar refractivity (Wildman–Crippen MR) is 88.5 cm³/mol. The SMILES string of the molecule is CC(C)(C)OC(=O)OC1/C=C/C(OC(=O)OC2CC2)CC2OCOC2C1. The molecule has 0 aromatic heterocycles. The topological polar surface area (TPSA) is 89.5 Å². The summed E-state index contributed by atoms with van der Waals surface area (Å²) in [4.78, 5) is 23.8. The van der Waals surface area contributed by atoms with Crippen LogP contribution >= 0.6 is 0 Å². The van der Waals surface area contributed by atoms with E-state index in [1.165, 1.54) is 0 Å². The van der Waals surface area contributed by atoms with Crippen molar-refractivity contribution in [2.45, 2.75) is 82.6 Å². The van der Waals surface area contributed by atoms with Crippen LogP contribution in [0.5, 0.6) is 0 Å². The fourth-order valence-corrected chi connectivity index (χ4v) is 2.78. The zero-order valence-electron chi connectivity index (χ0n) is 15.3. The lowest BCUT2D eigenvalue weighted by molar-refractivity contribution is -0.0318. The van der Waals surface area contributed by atoms with E-state index in [2.05, 4.69) is 0 Å². The lowest BCUT2D eigenvalue weighted by Crippen LogP contribution is -2.36. The summed E-state index contributed by atoms with van der Waals surface area (Å²) in [5.41, 5.74) is -0.643. The number of carbonyl (C=O) groups excluding carboxylic acids is 2. The van der Waals surface area contributed by atoms with Gasteiger partial charge in [0.05, 0.1) is 12.2 Å². The number of rotatable bonds is 3. The van der Waals surface area contributed by atoms with Crippen LogP contribution in [-0.2, 0) is 28.4 Å². The second kappa shape index (κ2) is 7.84. The van der Waals surface area contributed by atoms with Gasteiger partial charge in [-0.1, -0.05) is 0 Å². The second-order valence-corrected chi connectivity index (χ2v) is 7.73. The van der Waals surface area contributed by atoms with E-state index < -0.39 is 30.1 Å². The first-order valence-corrected chi connectivity index (χ1v) is 8.97. The van der Waals surface area contributed by atoms with Gasteiger partial charge in [0.25, 0.3) is 0 Å². The molecule has 1 saturated carbocycles. The van der Waals surface area contributed by atoms with Gasteiger partial charge in [0, 0.05) is 12.8 Å². The number of hydrogen-bond donors (Lipinski definition) is 0. The molecule has 0 N–H and O–H groups in total. The molecule has 4 atom stereocenters. The maximum Gasteiger partial charge on any atom is 0.509 e. The Morgan fingerprint density at radius 3 is 1.92 bits per heavy atom. The summed E-state index contributed by atoms with van der Waals surface area (Å²) < 4.78 is 32.2. The van der Waals surface area contributed by atoms with E-state index in [1.807, 2.05) is 0 Å². The normalized spacial score (nSPS) is 32.6. The van der Waals surface area contributed by atoms with E-state index in [9.17, 15) is 9.59 Å². The lowest BCUT2D eigenvalue weighted by Gasteiger charge is -2.27. The standard InChI is InChI=1S/C18H26O8/c1-18(2,3)26-17(20)25-13-7-6-12(24-16(19)23-11-4-5-11)8-14-15(9-13)22-10-21-14/h6-7,11-15H,4-5,8-10H2,1-3H3/b7-6+. The van der Waals surface area contributed by atoms with Gasteiger partial charge in [-0.05, 0) is 45.8 Å². The largest absolute Gasteiger partial charge is 0.509 e. The van der Waals surface area contributed by atoms with Crippen molar-refractivity contribution in [1.82, 2.24) is 0 Å². The highest BCUT2D eigenvalue weighted by Crippen LogP contribution is 2.28. The van der Waals surface area contributed by atoms with Crippen LogP contribution in [0.2, 0.25) is 0 Å². The molecule has 2 aliphatic carbocycles. The Balaban J connectivity index is 1.62. The fourth-order valence-electron chi connectivity index (χ4n) is 2.78. The van der Waals surface area contributed by atoms with Crippen LogP contribution in [0.1, 0.15) is 46.5 Å². The molecule has 0 aromatic rings. The molecule has 0 aromatic carbocycles. The Morgan fingerprint density at radius 1 is 0.885 bits per heavy atom. The zero-order chi connectivity index (χ0) is 18.7. The molecule has 2 fully saturated rings. The van der Waals surface area contributed by atoms with Crippen LogP contribution in [0, 0.1) is 0 Å². The summed E-state index contributed by atoms with van der Waals surface area (Å²) in [6, 6.07) is 0. The molecule has 0 spiro atoms. The minimum Gasteiger partial charge on any atom is -0.431 e. The minimum atomic E-state index is -0.756. The Hall–Kier alpha value is -1.80. The monoisotopic (exact) mass is 370 g/mol. The van der Waals surface area contributed by atoms with Crippen molar-refractivity contribution in [1.29, 1.82) is 0 Å². The van der Waals surface area contributed by atoms with Gasteiger partial charge >= 0.3 is 12.3 Å². The number of fused-ring (bicyclic) bond motifs is 1. The van der Waals surface area contributed by atoms with Gasteiger partial charge in [-0.25, -0.2) is 9.59 Å². The van der Waals surface area contributed by atoms with Gasteiger partial charge in [0.1, 0.15) is 30.7 Å². The first-order valence-electron chi connectivity index (χ1n) is 8.97. The van der Waals surface area contributed by atoms with Crippen molar-refractivity contribution >= 4 is 12.3 Å². The molecule has 0 amide bonds. The van der Waals surface area contributed by atoms with Crippen LogP contribution < -0.4 is 0 Å². The molecule has 1 aliphatic heterocycles. The molecule has 8 heteroatoms. The van der Waals surface area contributed by atoms with Crippen LogP contribution in [0.3, 0.4) is 0 Å². The smallest absolute Gasteiger partial charge is 0.431 e. The lowest BCUT2D eigenvalue weighted by atomic mass is 9.97. The van der Waals surface area contributed by atoms with Gasteiger partial charge in [-0.15, -0.1) is 0 Å². The molecule has 3 aliphatic rings. The van der Waals surface area contributed by atoms with E-state index in [1.54, 1.807) is 32.9 Å². The highest BCUT2D eigenvalue weighted by Gasteiger charge is 2.37. The predicted octanol–water partition coefficient (Wildman–Crippen LogP) is 3.08. The van der Waals surface area contributed by atoms with E-state index in [0.29, 0.717) is 12.8 Å². The van der Waals surface area contributed by atoms with Crippen molar-refractivity contribution in [3.8, 4) is 0 Å². The van der Waals surface area contributed by atoms with Gasteiger partial charge in [0.2, 0.25) is 0 Å². The third-order valence-corrected chi connectivity index (χ3v) is 4.12. The number of hydrogen-bond acceptors (Lipinski definition) is 8. The second-order valence-electron chi connectivity index (χ2n) is 7.73. The van der Waals surface area contributed by atoms with Gasteiger partial charge < -0.3 is 28.4 Å². The van der Waals surface area contributed by atoms with E-state index in [-0.39, 0.29) is 25.1 Å². The van der Waals surface area contributed by atoms with Gasteiger partial charge in [0.15, 0.2) is 0 Å². The Labute approximate surface area is 152 Å². The van der Waals surface area contributed by atoms with E-state index >= 15 is 0 Å². The summed E-state index contributed by atoms with van der Waals surface area (Å²) in [5, 5.41) is 0. The summed E-state index contributed by atoms with van der Waals surface area (Å²) >= 11 is 0. The van der Waals surface area contributed by atoms with Crippen molar-refractivity contribution in [3.63, 3.8) is 0 Å². The zero-order valence-corrected chi connectivity index (χ0v) is 15.3. The third-order valence-electron chi connectivity index (χ3n) is 4.12. The quantitative estimate of drug-likeness (QED) is 0.553. The van der Waals surface area contributed by atoms with E-state index in [4.69, 9.17) is 28.4 Å². The number of carbonyl (C=O) groups is 2. The van der Waals surface area contributed by atoms with Gasteiger partial charge in [-0.3, -0.25) is 0 Å². The molecule has 26 heavy (non-hydrogen) atoms. The third kappa shape index (κ3) is 5.88. The Bertz CT molecular complexity index is 548. The Morgan fingerprint density at radius 2 is 1.42 bits per heavy atom. The molecule has 0 radical (unpaired) electrons. The van der Waals surface area contributed by atoms with Crippen molar-refractivity contribution in [2.24, 2.45) is 0 Å². The van der Waals surface area contributed by atoms with E-state index in [0.717, 1.165) is 12.8 Å². The number of ether oxygens (including phenoxy) is 6. The summed E-state index contributed by atoms with van der Waals surface area (Å²) in [6.07, 6.45) is 2.97. The minimum absolute atomic E-state index is 0.0258. The molecule has 0 bridgehead atoms. The van der Waals surface area contributed by atoms with Crippen LogP contribution in [0.25, 0.3) is 0 Å². The summed E-state index contributed by atoms with van der Waals surface area (Å²) in [5.74, 6) is 0. The first-order chi connectivity index (χ1) is 12.3. The summed E-state index contributed by atoms with van der Waals surface area (Å²) in [6.45, 7) is 5.46. The highest BCUT2D eigenvalue weighted by molar-refractivity contribution is 5.61. The molecular weight excluding hydrogens is 344 g/mol. The first kappa shape index (κ1) is 19.0. The van der Waals surface area contributed by atoms with Crippen molar-refractivity contribution in [2.75, 3.05) is 6.79 Å². The molecular formula is C18H26O8. The molecule has 1 heterocycles. The molecule has 8 nitrogen and oxygen atoms in total.